The van der Waals surface area contributed by atoms with Crippen LogP contribution in [0.2, 0.25) is 0 Å². The van der Waals surface area contributed by atoms with Gasteiger partial charge in [-0.25, -0.2) is 4.98 Å². The van der Waals surface area contributed by atoms with Gasteiger partial charge >= 0.3 is 0 Å². The van der Waals surface area contributed by atoms with Gasteiger partial charge < -0.3 is 10.4 Å². The van der Waals surface area contributed by atoms with Gasteiger partial charge in [-0.1, -0.05) is 6.07 Å². The third-order valence-electron chi connectivity index (χ3n) is 6.61. The van der Waals surface area contributed by atoms with Gasteiger partial charge in [0.1, 0.15) is 11.3 Å². The zero-order chi connectivity index (χ0) is 16.3. The first-order valence-electron chi connectivity index (χ1n) is 9.02. The molecule has 0 saturated heterocycles. The molecule has 1 amide bonds. The summed E-state index contributed by atoms with van der Waals surface area (Å²) in [4.78, 5) is 17.1. The number of imidazole rings is 1. The average molecular weight is 325 g/mol. The van der Waals surface area contributed by atoms with Crippen LogP contribution in [-0.4, -0.2) is 26.9 Å². The number of carbonyl (C=O) groups is 1. The highest BCUT2D eigenvalue weighted by Crippen LogP contribution is 2.63. The summed E-state index contributed by atoms with van der Waals surface area (Å²) in [6, 6.07) is 5.52. The second kappa shape index (κ2) is 5.06. The largest absolute Gasteiger partial charge is 0.390 e. The van der Waals surface area contributed by atoms with Crippen molar-refractivity contribution in [3.05, 3.63) is 35.8 Å². The molecule has 4 aliphatic rings. The summed E-state index contributed by atoms with van der Waals surface area (Å²) >= 11 is 0. The number of nitrogens with one attached hydrogen (secondary N) is 1. The number of carbonyl (C=O) groups excluding carboxylic acids is 1. The standard InChI is InChI=1S/C19H23N3O2/c23-10-15-9-22-16(2-1-3-17(22)21-15)18(24)20-11-19-6-12-4-13(7-19)14(5-12)8-19/h1-3,9,12-14,23H,4-8,10-11H2,(H,20,24). The lowest BCUT2D eigenvalue weighted by molar-refractivity contribution is 0.0878. The number of pyridine rings is 1. The minimum Gasteiger partial charge on any atom is -0.390 e. The maximum absolute atomic E-state index is 12.7. The highest BCUT2D eigenvalue weighted by molar-refractivity contribution is 5.93. The van der Waals surface area contributed by atoms with Crippen molar-refractivity contribution in [3.63, 3.8) is 0 Å². The first-order valence-corrected chi connectivity index (χ1v) is 9.02. The minimum atomic E-state index is -0.115. The van der Waals surface area contributed by atoms with E-state index in [0.29, 0.717) is 22.5 Å². The maximum atomic E-state index is 12.7. The lowest BCUT2D eigenvalue weighted by Gasteiger charge is -2.38. The molecule has 4 bridgehead atoms. The lowest BCUT2D eigenvalue weighted by Crippen LogP contribution is -2.40. The normalized spacial score (nSPS) is 33.5. The van der Waals surface area contributed by atoms with E-state index < -0.39 is 0 Å². The highest BCUT2D eigenvalue weighted by atomic mass is 16.3. The molecule has 0 radical (unpaired) electrons. The molecule has 24 heavy (non-hydrogen) atoms. The fourth-order valence-corrected chi connectivity index (χ4v) is 5.88. The molecule has 2 aromatic rings. The van der Waals surface area contributed by atoms with E-state index in [9.17, 15) is 9.90 Å². The van der Waals surface area contributed by atoms with Crippen molar-refractivity contribution in [2.24, 2.45) is 23.2 Å². The smallest absolute Gasteiger partial charge is 0.268 e. The molecule has 5 nitrogen and oxygen atoms in total. The summed E-state index contributed by atoms with van der Waals surface area (Å²) in [5.41, 5.74) is 2.22. The number of fused-ring (bicyclic) bond motifs is 1. The Morgan fingerprint density at radius 1 is 1.29 bits per heavy atom. The predicted octanol–water partition coefficient (Wildman–Crippen LogP) is 2.38. The van der Waals surface area contributed by atoms with Crippen LogP contribution < -0.4 is 5.32 Å². The Labute approximate surface area is 141 Å². The number of aliphatic hydroxyl groups is 1. The summed E-state index contributed by atoms with van der Waals surface area (Å²) in [6.07, 6.45) is 8.50. The molecule has 2 heterocycles. The Morgan fingerprint density at radius 2 is 2.08 bits per heavy atom. The molecule has 0 aromatic carbocycles. The molecule has 0 aliphatic heterocycles. The molecule has 6 rings (SSSR count). The summed E-state index contributed by atoms with van der Waals surface area (Å²) in [5.74, 6) is 2.71. The van der Waals surface area contributed by atoms with Gasteiger partial charge in [0.2, 0.25) is 0 Å². The average Bonchev–Trinajstić information content (AvgIpc) is 3.20. The Bertz CT molecular complexity index is 793. The summed E-state index contributed by atoms with van der Waals surface area (Å²) < 4.78 is 1.77. The Hall–Kier alpha value is -1.88. The third kappa shape index (κ3) is 2.10. The highest BCUT2D eigenvalue weighted by Gasteiger charge is 2.55. The van der Waals surface area contributed by atoms with Crippen molar-refractivity contribution >= 4 is 11.6 Å². The number of nitrogens with zero attached hydrogens (tertiary/aromatic N) is 2. The molecule has 126 valence electrons. The van der Waals surface area contributed by atoms with Crippen LogP contribution in [0.5, 0.6) is 0 Å². The fourth-order valence-electron chi connectivity index (χ4n) is 5.88. The maximum Gasteiger partial charge on any atom is 0.268 e. The Kier molecular flexibility index (Phi) is 3.05. The van der Waals surface area contributed by atoms with Gasteiger partial charge in [0.05, 0.1) is 12.3 Å². The van der Waals surface area contributed by atoms with Crippen LogP contribution in [0.1, 0.15) is 48.3 Å². The molecule has 2 unspecified atom stereocenters. The van der Waals surface area contributed by atoms with Gasteiger partial charge in [0.15, 0.2) is 0 Å². The molecule has 4 saturated carbocycles. The van der Waals surface area contributed by atoms with Crippen LogP contribution in [-0.2, 0) is 6.61 Å². The number of hydrogen-bond donors (Lipinski definition) is 2. The first-order chi connectivity index (χ1) is 11.7. The molecular formula is C19H23N3O2. The van der Waals surface area contributed by atoms with Gasteiger partial charge in [-0.2, -0.15) is 0 Å². The van der Waals surface area contributed by atoms with Gasteiger partial charge in [0, 0.05) is 12.7 Å². The molecule has 4 fully saturated rings. The van der Waals surface area contributed by atoms with Crippen LogP contribution in [0.15, 0.2) is 24.4 Å². The first kappa shape index (κ1) is 14.5. The number of aliphatic hydroxyl groups excluding tert-OH is 1. The fraction of sp³-hybridized carbons (Fsp3) is 0.579. The van der Waals surface area contributed by atoms with Crippen molar-refractivity contribution < 1.29 is 9.90 Å². The van der Waals surface area contributed by atoms with Crippen LogP contribution >= 0.6 is 0 Å². The summed E-state index contributed by atoms with van der Waals surface area (Å²) in [7, 11) is 0. The minimum absolute atomic E-state index is 0.0421. The van der Waals surface area contributed by atoms with Crippen LogP contribution in [0.3, 0.4) is 0 Å². The van der Waals surface area contributed by atoms with E-state index in [2.05, 4.69) is 10.3 Å². The zero-order valence-electron chi connectivity index (χ0n) is 13.7. The van der Waals surface area contributed by atoms with Gasteiger partial charge in [0.25, 0.3) is 5.91 Å². The second-order valence-corrected chi connectivity index (χ2v) is 8.18. The van der Waals surface area contributed by atoms with Crippen molar-refractivity contribution in [3.8, 4) is 0 Å². The quantitative estimate of drug-likeness (QED) is 0.907. The van der Waals surface area contributed by atoms with Crippen LogP contribution in [0, 0.1) is 23.2 Å². The van der Waals surface area contributed by atoms with Gasteiger partial charge in [-0.15, -0.1) is 0 Å². The van der Waals surface area contributed by atoms with E-state index in [-0.39, 0.29) is 12.5 Å². The molecule has 2 N–H and O–H groups in total. The van der Waals surface area contributed by atoms with Crippen molar-refractivity contribution in [2.45, 2.75) is 38.7 Å². The Morgan fingerprint density at radius 3 is 2.79 bits per heavy atom. The lowest BCUT2D eigenvalue weighted by atomic mass is 9.69. The molecule has 2 aromatic heterocycles. The Balaban J connectivity index is 1.35. The van der Waals surface area contributed by atoms with Gasteiger partial charge in [-0.3, -0.25) is 9.20 Å². The second-order valence-electron chi connectivity index (χ2n) is 8.18. The van der Waals surface area contributed by atoms with Crippen molar-refractivity contribution in [2.75, 3.05) is 6.54 Å². The zero-order valence-corrected chi connectivity index (χ0v) is 13.7. The van der Waals surface area contributed by atoms with Gasteiger partial charge in [-0.05, 0) is 67.4 Å². The van der Waals surface area contributed by atoms with E-state index in [1.54, 1.807) is 10.6 Å². The monoisotopic (exact) mass is 325 g/mol. The van der Waals surface area contributed by atoms with E-state index in [4.69, 9.17) is 0 Å². The van der Waals surface area contributed by atoms with Crippen LogP contribution in [0.25, 0.3) is 5.65 Å². The number of amides is 1. The molecule has 5 heteroatoms. The predicted molar refractivity (Wildman–Crippen MR) is 89.4 cm³/mol. The number of hydrogen-bond acceptors (Lipinski definition) is 3. The van der Waals surface area contributed by atoms with E-state index in [1.165, 1.54) is 32.1 Å². The molecule has 2 atom stereocenters. The number of rotatable bonds is 4. The summed E-state index contributed by atoms with van der Waals surface area (Å²) in [6.45, 7) is 0.684. The van der Waals surface area contributed by atoms with E-state index >= 15 is 0 Å². The summed E-state index contributed by atoms with van der Waals surface area (Å²) in [5, 5.41) is 12.5. The molecule has 4 aliphatic carbocycles. The SMILES string of the molecule is O=C(NCC12CC3CC(C1)C(C3)C2)c1cccc2nc(CO)cn12. The number of aromatic nitrogens is 2. The molecule has 0 spiro atoms. The third-order valence-corrected chi connectivity index (χ3v) is 6.61. The van der Waals surface area contributed by atoms with Crippen LogP contribution in [0.4, 0.5) is 0 Å². The van der Waals surface area contributed by atoms with Crippen molar-refractivity contribution in [1.82, 2.24) is 14.7 Å². The topological polar surface area (TPSA) is 66.6 Å². The van der Waals surface area contributed by atoms with Crippen molar-refractivity contribution in [1.29, 1.82) is 0 Å². The van der Waals surface area contributed by atoms with E-state index in [1.807, 2.05) is 18.2 Å². The molecular weight excluding hydrogens is 302 g/mol. The van der Waals surface area contributed by atoms with E-state index in [0.717, 1.165) is 24.3 Å².